The zero-order valence-electron chi connectivity index (χ0n) is 12.3. The van der Waals surface area contributed by atoms with E-state index in [4.69, 9.17) is 10.5 Å². The van der Waals surface area contributed by atoms with Gasteiger partial charge in [0, 0.05) is 12.6 Å². The van der Waals surface area contributed by atoms with Gasteiger partial charge in [0.1, 0.15) is 0 Å². The van der Waals surface area contributed by atoms with Gasteiger partial charge < -0.3 is 15.8 Å². The fraction of sp³-hybridized carbons (Fsp3) is 1.00. The molecule has 3 unspecified atom stereocenters. The van der Waals surface area contributed by atoms with E-state index >= 15 is 0 Å². The molecule has 0 spiro atoms. The Labute approximate surface area is 113 Å². The second kappa shape index (κ2) is 9.76. The van der Waals surface area contributed by atoms with Gasteiger partial charge in [-0.2, -0.15) is 0 Å². The van der Waals surface area contributed by atoms with Crippen molar-refractivity contribution in [2.45, 2.75) is 58.4 Å². The van der Waals surface area contributed by atoms with Crippen molar-refractivity contribution in [2.75, 3.05) is 26.3 Å². The summed E-state index contributed by atoms with van der Waals surface area (Å²) < 4.78 is 5.43. The lowest BCUT2D eigenvalue weighted by Crippen LogP contribution is -2.34. The van der Waals surface area contributed by atoms with E-state index in [2.05, 4.69) is 19.2 Å². The van der Waals surface area contributed by atoms with Crippen LogP contribution in [0.4, 0.5) is 0 Å². The largest absolute Gasteiger partial charge is 0.381 e. The third kappa shape index (κ3) is 6.17. The number of hydrogen-bond donors (Lipinski definition) is 2. The first kappa shape index (κ1) is 15.9. The van der Waals surface area contributed by atoms with Crippen LogP contribution in [-0.2, 0) is 4.74 Å². The molecule has 0 radical (unpaired) electrons. The monoisotopic (exact) mass is 256 g/mol. The third-order valence-corrected chi connectivity index (χ3v) is 4.20. The summed E-state index contributed by atoms with van der Waals surface area (Å²) in [5.74, 6) is 1.56. The minimum atomic E-state index is 0.603. The zero-order chi connectivity index (χ0) is 13.2. The molecular weight excluding hydrogens is 224 g/mol. The van der Waals surface area contributed by atoms with Crippen molar-refractivity contribution in [1.29, 1.82) is 0 Å². The van der Waals surface area contributed by atoms with E-state index in [1.807, 2.05) is 0 Å². The average molecular weight is 256 g/mol. The average Bonchev–Trinajstić information content (AvgIpc) is 2.88. The molecule has 108 valence electrons. The van der Waals surface area contributed by atoms with Gasteiger partial charge in [-0.25, -0.2) is 0 Å². The maximum absolute atomic E-state index is 5.67. The number of ether oxygens (including phenoxy) is 1. The predicted octanol–water partition coefficient (Wildman–Crippen LogP) is 2.55. The van der Waals surface area contributed by atoms with Crippen LogP contribution in [0.25, 0.3) is 0 Å². The molecule has 0 saturated carbocycles. The number of rotatable bonds is 10. The van der Waals surface area contributed by atoms with Crippen LogP contribution in [0.1, 0.15) is 52.4 Å². The summed E-state index contributed by atoms with van der Waals surface area (Å²) in [5, 5.41) is 3.65. The predicted molar refractivity (Wildman–Crippen MR) is 77.7 cm³/mol. The molecule has 1 heterocycles. The summed E-state index contributed by atoms with van der Waals surface area (Å²) in [7, 11) is 0. The van der Waals surface area contributed by atoms with E-state index in [-0.39, 0.29) is 0 Å². The topological polar surface area (TPSA) is 47.3 Å². The highest BCUT2D eigenvalue weighted by molar-refractivity contribution is 4.75. The lowest BCUT2D eigenvalue weighted by atomic mass is 9.94. The molecule has 1 fully saturated rings. The fourth-order valence-electron chi connectivity index (χ4n) is 2.91. The van der Waals surface area contributed by atoms with E-state index in [1.165, 1.54) is 38.5 Å². The number of nitrogens with one attached hydrogen (secondary N) is 1. The van der Waals surface area contributed by atoms with E-state index < -0.39 is 0 Å². The second-order valence-corrected chi connectivity index (χ2v) is 5.74. The van der Waals surface area contributed by atoms with Crippen LogP contribution in [0.3, 0.4) is 0 Å². The van der Waals surface area contributed by atoms with Gasteiger partial charge in [-0.1, -0.05) is 19.8 Å². The van der Waals surface area contributed by atoms with Gasteiger partial charge in [0.2, 0.25) is 0 Å². The molecule has 1 rings (SSSR count). The van der Waals surface area contributed by atoms with Crippen LogP contribution in [0.15, 0.2) is 0 Å². The van der Waals surface area contributed by atoms with Crippen molar-refractivity contribution in [2.24, 2.45) is 17.6 Å². The molecule has 0 aromatic rings. The molecule has 1 aliphatic heterocycles. The minimum Gasteiger partial charge on any atom is -0.381 e. The van der Waals surface area contributed by atoms with Crippen LogP contribution < -0.4 is 11.1 Å². The first-order valence-corrected chi connectivity index (χ1v) is 7.79. The molecule has 3 N–H and O–H groups in total. The Kier molecular flexibility index (Phi) is 8.64. The van der Waals surface area contributed by atoms with Gasteiger partial charge in [-0.15, -0.1) is 0 Å². The summed E-state index contributed by atoms with van der Waals surface area (Å²) >= 11 is 0. The molecule has 0 bridgehead atoms. The molecule has 18 heavy (non-hydrogen) atoms. The van der Waals surface area contributed by atoms with Crippen LogP contribution in [-0.4, -0.2) is 32.3 Å². The highest BCUT2D eigenvalue weighted by atomic mass is 16.5. The molecule has 3 atom stereocenters. The maximum Gasteiger partial charge on any atom is 0.0509 e. The fourth-order valence-corrected chi connectivity index (χ4v) is 2.91. The molecular formula is C15H32N2O. The van der Waals surface area contributed by atoms with Crippen LogP contribution >= 0.6 is 0 Å². The second-order valence-electron chi connectivity index (χ2n) is 5.74. The van der Waals surface area contributed by atoms with Crippen molar-refractivity contribution in [3.63, 3.8) is 0 Å². The van der Waals surface area contributed by atoms with Crippen molar-refractivity contribution < 1.29 is 4.74 Å². The zero-order valence-corrected chi connectivity index (χ0v) is 12.3. The van der Waals surface area contributed by atoms with Crippen LogP contribution in [0, 0.1) is 11.8 Å². The normalized spacial score (nSPS) is 23.2. The van der Waals surface area contributed by atoms with Crippen molar-refractivity contribution in [3.05, 3.63) is 0 Å². The van der Waals surface area contributed by atoms with Gasteiger partial charge in [0.25, 0.3) is 0 Å². The quantitative estimate of drug-likeness (QED) is 0.591. The summed E-state index contributed by atoms with van der Waals surface area (Å²) in [6.07, 6.45) is 7.64. The molecule has 3 heteroatoms. The molecule has 0 aromatic heterocycles. The first-order chi connectivity index (χ1) is 8.77. The van der Waals surface area contributed by atoms with Crippen LogP contribution in [0.5, 0.6) is 0 Å². The first-order valence-electron chi connectivity index (χ1n) is 7.79. The van der Waals surface area contributed by atoms with Gasteiger partial charge in [-0.05, 0) is 57.5 Å². The summed E-state index contributed by atoms with van der Waals surface area (Å²) in [5.41, 5.74) is 5.67. The standard InChI is InChI=1S/C15H32N2O/c1-3-5-14(7-9-16)6-4-10-17-13(2)15-8-11-18-12-15/h13-15,17H,3-12,16H2,1-2H3. The molecule has 0 amide bonds. The number of hydrogen-bond acceptors (Lipinski definition) is 3. The maximum atomic E-state index is 5.67. The van der Waals surface area contributed by atoms with E-state index in [0.29, 0.717) is 6.04 Å². The molecule has 1 saturated heterocycles. The minimum absolute atomic E-state index is 0.603. The molecule has 3 nitrogen and oxygen atoms in total. The van der Waals surface area contributed by atoms with Crippen molar-refractivity contribution in [1.82, 2.24) is 5.32 Å². The highest BCUT2D eigenvalue weighted by Crippen LogP contribution is 2.18. The highest BCUT2D eigenvalue weighted by Gasteiger charge is 2.21. The van der Waals surface area contributed by atoms with E-state index in [0.717, 1.165) is 38.1 Å². The van der Waals surface area contributed by atoms with Gasteiger partial charge >= 0.3 is 0 Å². The van der Waals surface area contributed by atoms with Crippen molar-refractivity contribution in [3.8, 4) is 0 Å². The summed E-state index contributed by atoms with van der Waals surface area (Å²) in [4.78, 5) is 0. The van der Waals surface area contributed by atoms with Gasteiger partial charge in [0.05, 0.1) is 6.61 Å². The van der Waals surface area contributed by atoms with Crippen LogP contribution in [0.2, 0.25) is 0 Å². The Morgan fingerprint density at radius 2 is 2.17 bits per heavy atom. The molecule has 0 aliphatic carbocycles. The lowest BCUT2D eigenvalue weighted by Gasteiger charge is -2.20. The smallest absolute Gasteiger partial charge is 0.0509 e. The van der Waals surface area contributed by atoms with Crippen molar-refractivity contribution >= 4 is 0 Å². The molecule has 0 aromatic carbocycles. The Balaban J connectivity index is 2.05. The van der Waals surface area contributed by atoms with E-state index in [1.54, 1.807) is 0 Å². The summed E-state index contributed by atoms with van der Waals surface area (Å²) in [6.45, 7) is 8.44. The SMILES string of the molecule is CCCC(CCN)CCCNC(C)C1CCOC1. The molecule has 1 aliphatic rings. The van der Waals surface area contributed by atoms with Gasteiger partial charge in [0.15, 0.2) is 0 Å². The number of nitrogens with two attached hydrogens (primary N) is 1. The Morgan fingerprint density at radius 1 is 1.33 bits per heavy atom. The van der Waals surface area contributed by atoms with Gasteiger partial charge in [-0.3, -0.25) is 0 Å². The Bertz CT molecular complexity index is 183. The van der Waals surface area contributed by atoms with E-state index in [9.17, 15) is 0 Å². The Morgan fingerprint density at radius 3 is 2.78 bits per heavy atom. The third-order valence-electron chi connectivity index (χ3n) is 4.20. The Hall–Kier alpha value is -0.120. The lowest BCUT2D eigenvalue weighted by molar-refractivity contribution is 0.178. The summed E-state index contributed by atoms with van der Waals surface area (Å²) in [6, 6.07) is 0.603.